The van der Waals surface area contributed by atoms with Crippen molar-refractivity contribution in [3.63, 3.8) is 0 Å². The normalized spacial score (nSPS) is 14.9. The monoisotopic (exact) mass is 523 g/mol. The summed E-state index contributed by atoms with van der Waals surface area (Å²) in [7, 11) is 4.97. The third kappa shape index (κ3) is 13.2. The average molecular weight is 524 g/mol. The number of ether oxygens (including phenoxy) is 2. The van der Waals surface area contributed by atoms with E-state index in [1.807, 2.05) is 20.8 Å². The minimum atomic E-state index is -0.386. The highest BCUT2D eigenvalue weighted by Gasteiger charge is 2.23. The second-order valence-corrected chi connectivity index (χ2v) is 8.91. The molecule has 0 aliphatic heterocycles. The Morgan fingerprint density at radius 3 is 2.00 bits per heavy atom. The van der Waals surface area contributed by atoms with Crippen LogP contribution >= 0.6 is 0 Å². The summed E-state index contributed by atoms with van der Waals surface area (Å²) in [6.45, 7) is 6.27. The molecule has 5 N–H and O–H groups in total. The molecule has 2 aliphatic rings. The van der Waals surface area contributed by atoms with Crippen molar-refractivity contribution in [2.24, 2.45) is 17.5 Å². The number of amides is 1. The van der Waals surface area contributed by atoms with Crippen LogP contribution < -0.4 is 16.3 Å². The SMILES string of the molecule is C1CCCCC1.CC.COc1ccc(/C(N)=C(\COC(=O)N(C)CC2CCC2)N(C)N)nc1C.O=CO. The second-order valence-electron chi connectivity index (χ2n) is 8.91. The van der Waals surface area contributed by atoms with E-state index < -0.39 is 0 Å². The molecule has 0 atom stereocenters. The number of hydrogen-bond donors (Lipinski definition) is 3. The first-order chi connectivity index (χ1) is 17.7. The Hall–Kier alpha value is -3.01. The zero-order valence-corrected chi connectivity index (χ0v) is 23.7. The van der Waals surface area contributed by atoms with Crippen molar-refractivity contribution in [3.05, 3.63) is 29.2 Å². The van der Waals surface area contributed by atoms with Crippen molar-refractivity contribution in [1.82, 2.24) is 14.9 Å². The van der Waals surface area contributed by atoms with Gasteiger partial charge in [-0.2, -0.15) is 0 Å². The Bertz CT molecular complexity index is 797. The van der Waals surface area contributed by atoms with Crippen LogP contribution in [0.2, 0.25) is 0 Å². The number of carbonyl (C=O) groups excluding carboxylic acids is 1. The first-order valence-electron chi connectivity index (χ1n) is 13.2. The molecule has 0 unspecified atom stereocenters. The fourth-order valence-corrected chi connectivity index (χ4v) is 3.87. The van der Waals surface area contributed by atoms with Crippen molar-refractivity contribution < 1.29 is 24.2 Å². The number of methoxy groups -OCH3 is 1. The fraction of sp³-hybridized carbons (Fsp3) is 0.667. The average Bonchev–Trinajstić information content (AvgIpc) is 2.88. The minimum absolute atomic E-state index is 0.0283. The number of nitrogens with two attached hydrogens (primary N) is 2. The van der Waals surface area contributed by atoms with Crippen molar-refractivity contribution in [1.29, 1.82) is 0 Å². The molecular weight excluding hydrogens is 474 g/mol. The second kappa shape index (κ2) is 20.1. The molecule has 0 bridgehead atoms. The summed E-state index contributed by atoms with van der Waals surface area (Å²) in [4.78, 5) is 26.6. The van der Waals surface area contributed by atoms with Gasteiger partial charge in [0, 0.05) is 20.6 Å². The summed E-state index contributed by atoms with van der Waals surface area (Å²) in [5.41, 5.74) is 8.32. The maximum absolute atomic E-state index is 12.2. The van der Waals surface area contributed by atoms with Gasteiger partial charge in [0.15, 0.2) is 0 Å². The number of carboxylic acid groups (broad SMARTS) is 1. The lowest BCUT2D eigenvalue weighted by Gasteiger charge is -2.30. The summed E-state index contributed by atoms with van der Waals surface area (Å²) < 4.78 is 10.6. The summed E-state index contributed by atoms with van der Waals surface area (Å²) in [6.07, 6.45) is 12.2. The van der Waals surface area contributed by atoms with Gasteiger partial charge in [-0.05, 0) is 37.8 Å². The Morgan fingerprint density at radius 2 is 1.62 bits per heavy atom. The number of hydrazine groups is 1. The van der Waals surface area contributed by atoms with E-state index in [1.165, 1.54) is 62.8 Å². The number of carbonyl (C=O) groups is 2. The molecule has 3 rings (SSSR count). The van der Waals surface area contributed by atoms with Crippen LogP contribution in [0.3, 0.4) is 0 Å². The molecule has 10 nitrogen and oxygen atoms in total. The fourth-order valence-electron chi connectivity index (χ4n) is 3.87. The van der Waals surface area contributed by atoms with Crippen LogP contribution in [0.5, 0.6) is 5.75 Å². The molecular formula is C27H49N5O5. The summed E-state index contributed by atoms with van der Waals surface area (Å²) in [5, 5.41) is 8.23. The van der Waals surface area contributed by atoms with Crippen LogP contribution in [0.1, 0.15) is 83.0 Å². The van der Waals surface area contributed by atoms with Gasteiger partial charge in [-0.15, -0.1) is 0 Å². The lowest BCUT2D eigenvalue weighted by molar-refractivity contribution is -0.122. The van der Waals surface area contributed by atoms with E-state index in [0.717, 1.165) is 0 Å². The molecule has 0 radical (unpaired) electrons. The molecule has 1 aromatic heterocycles. The number of nitrogens with zero attached hydrogens (tertiary/aromatic N) is 3. The Kier molecular flexibility index (Phi) is 18.5. The van der Waals surface area contributed by atoms with Gasteiger partial charge in [0.05, 0.1) is 29.9 Å². The standard InChI is InChI=1S/C18H29N5O3.C6H12.C2H6.CH2O2/c1-12-16(25-4)9-8-14(21-12)17(19)15(23(3)20)11-26-18(24)22(2)10-13-6-5-7-13;1-2-4-6-5-3-1;1-2;2-1-3/h8-9,13H,5-7,10-11,19-20H2,1-4H3;1-6H2;1-2H3;1H,(H,2,3)/b17-15-;;;. The third-order valence-electron chi connectivity index (χ3n) is 6.17. The molecule has 0 spiro atoms. The molecule has 2 fully saturated rings. The highest BCUT2D eigenvalue weighted by molar-refractivity contribution is 5.68. The Morgan fingerprint density at radius 1 is 1.11 bits per heavy atom. The van der Waals surface area contributed by atoms with E-state index in [1.54, 1.807) is 38.2 Å². The van der Waals surface area contributed by atoms with Gasteiger partial charge >= 0.3 is 6.09 Å². The molecule has 10 heteroatoms. The summed E-state index contributed by atoms with van der Waals surface area (Å²) >= 11 is 0. The van der Waals surface area contributed by atoms with Gasteiger partial charge in [-0.1, -0.05) is 58.8 Å². The van der Waals surface area contributed by atoms with Crippen LogP contribution in [0, 0.1) is 12.8 Å². The molecule has 0 saturated heterocycles. The van der Waals surface area contributed by atoms with Crippen molar-refractivity contribution in [2.75, 3.05) is 34.4 Å². The summed E-state index contributed by atoms with van der Waals surface area (Å²) in [5.74, 6) is 7.14. The predicted octanol–water partition coefficient (Wildman–Crippen LogP) is 4.77. The molecule has 37 heavy (non-hydrogen) atoms. The van der Waals surface area contributed by atoms with E-state index in [-0.39, 0.29) is 19.2 Å². The maximum Gasteiger partial charge on any atom is 0.409 e. The molecule has 1 amide bonds. The largest absolute Gasteiger partial charge is 0.495 e. The van der Waals surface area contributed by atoms with E-state index in [9.17, 15) is 4.79 Å². The minimum Gasteiger partial charge on any atom is -0.495 e. The first-order valence-corrected chi connectivity index (χ1v) is 13.2. The molecule has 2 aliphatic carbocycles. The number of aromatic nitrogens is 1. The van der Waals surface area contributed by atoms with E-state index in [0.29, 0.717) is 41.0 Å². The van der Waals surface area contributed by atoms with Crippen molar-refractivity contribution in [2.45, 2.75) is 78.6 Å². The Balaban J connectivity index is 0.000000985. The smallest absolute Gasteiger partial charge is 0.409 e. The lowest BCUT2D eigenvalue weighted by atomic mass is 9.85. The van der Waals surface area contributed by atoms with Gasteiger partial charge in [-0.25, -0.2) is 15.6 Å². The highest BCUT2D eigenvalue weighted by atomic mass is 16.6. The predicted molar refractivity (Wildman–Crippen MR) is 148 cm³/mol. The van der Waals surface area contributed by atoms with Crippen LogP contribution in [0.25, 0.3) is 5.70 Å². The molecule has 0 aromatic carbocycles. The van der Waals surface area contributed by atoms with Gasteiger partial charge in [0.2, 0.25) is 0 Å². The lowest BCUT2D eigenvalue weighted by Crippen LogP contribution is -2.37. The van der Waals surface area contributed by atoms with Crippen LogP contribution in [0.15, 0.2) is 17.8 Å². The van der Waals surface area contributed by atoms with Crippen LogP contribution in [-0.2, 0) is 9.53 Å². The Labute approximate surface area is 223 Å². The maximum atomic E-state index is 12.2. The number of pyridine rings is 1. The van der Waals surface area contributed by atoms with Crippen LogP contribution in [0.4, 0.5) is 4.79 Å². The molecule has 2 saturated carbocycles. The zero-order chi connectivity index (χ0) is 28.2. The number of rotatable bonds is 7. The van der Waals surface area contributed by atoms with Crippen molar-refractivity contribution >= 4 is 18.3 Å². The molecule has 1 aromatic rings. The third-order valence-corrected chi connectivity index (χ3v) is 6.17. The summed E-state index contributed by atoms with van der Waals surface area (Å²) in [6, 6.07) is 3.53. The molecule has 1 heterocycles. The highest BCUT2D eigenvalue weighted by Crippen LogP contribution is 2.27. The quantitative estimate of drug-likeness (QED) is 0.261. The van der Waals surface area contributed by atoms with Gasteiger partial charge in [-0.3, -0.25) is 4.79 Å². The van der Waals surface area contributed by atoms with Gasteiger partial charge in [0.25, 0.3) is 6.47 Å². The van der Waals surface area contributed by atoms with E-state index >= 15 is 0 Å². The zero-order valence-electron chi connectivity index (χ0n) is 23.7. The topological polar surface area (TPSA) is 144 Å². The van der Waals surface area contributed by atoms with Crippen molar-refractivity contribution in [3.8, 4) is 5.75 Å². The van der Waals surface area contributed by atoms with Crippen LogP contribution in [-0.4, -0.2) is 66.9 Å². The van der Waals surface area contributed by atoms with E-state index in [4.69, 9.17) is 31.0 Å². The van der Waals surface area contributed by atoms with Gasteiger partial charge in [0.1, 0.15) is 12.4 Å². The van der Waals surface area contributed by atoms with Gasteiger partial charge < -0.3 is 30.2 Å². The number of hydrogen-bond acceptors (Lipinski definition) is 8. The first kappa shape index (κ1) is 34.0. The molecule has 212 valence electrons. The number of aryl methyl sites for hydroxylation is 1. The van der Waals surface area contributed by atoms with E-state index in [2.05, 4.69) is 4.98 Å². The number of likely N-dealkylation sites (N-methyl/N-ethyl adjacent to an activating group) is 1.